The van der Waals surface area contributed by atoms with Crippen molar-refractivity contribution in [3.05, 3.63) is 65.5 Å². The molecule has 7 heteroatoms. The van der Waals surface area contributed by atoms with E-state index in [-0.39, 0.29) is 18.1 Å². The molecule has 2 aromatic carbocycles. The van der Waals surface area contributed by atoms with Crippen LogP contribution in [-0.4, -0.2) is 22.5 Å². The number of carbonyl (C=O) groups excluding carboxylic acids is 1. The Kier molecular flexibility index (Phi) is 5.11. The molecule has 1 aromatic heterocycles. The Morgan fingerprint density at radius 3 is 2.57 bits per heavy atom. The van der Waals surface area contributed by atoms with Crippen LogP contribution in [-0.2, 0) is 19.0 Å². The SMILES string of the molecule is Cn1cc(NCc2ccc3c(c2)OCO3)c(C(=O)Nc2ccc(C(C)(C)C)cc2)n1. The summed E-state index contributed by atoms with van der Waals surface area (Å²) in [5, 5.41) is 10.6. The highest BCUT2D eigenvalue weighted by Gasteiger charge is 2.18. The molecule has 0 saturated carbocycles. The van der Waals surface area contributed by atoms with E-state index in [1.165, 1.54) is 5.56 Å². The first kappa shape index (κ1) is 19.8. The van der Waals surface area contributed by atoms with Gasteiger partial charge in [-0.25, -0.2) is 0 Å². The lowest BCUT2D eigenvalue weighted by Gasteiger charge is -2.19. The monoisotopic (exact) mass is 406 g/mol. The molecule has 1 amide bonds. The summed E-state index contributed by atoms with van der Waals surface area (Å²) in [7, 11) is 1.79. The number of benzene rings is 2. The van der Waals surface area contributed by atoms with E-state index >= 15 is 0 Å². The number of anilines is 2. The molecule has 2 N–H and O–H groups in total. The zero-order valence-corrected chi connectivity index (χ0v) is 17.7. The fraction of sp³-hybridized carbons (Fsp3) is 0.304. The highest BCUT2D eigenvalue weighted by molar-refractivity contribution is 6.06. The Morgan fingerprint density at radius 1 is 1.10 bits per heavy atom. The second kappa shape index (κ2) is 7.74. The molecule has 1 aliphatic heterocycles. The fourth-order valence-electron chi connectivity index (χ4n) is 3.28. The van der Waals surface area contributed by atoms with E-state index < -0.39 is 0 Å². The van der Waals surface area contributed by atoms with E-state index in [0.717, 1.165) is 22.7 Å². The molecule has 1 aliphatic rings. The van der Waals surface area contributed by atoms with Crippen molar-refractivity contribution in [2.45, 2.75) is 32.7 Å². The van der Waals surface area contributed by atoms with Crippen LogP contribution in [0.2, 0.25) is 0 Å². The van der Waals surface area contributed by atoms with E-state index in [1.54, 1.807) is 17.9 Å². The molecule has 0 saturated heterocycles. The first-order valence-electron chi connectivity index (χ1n) is 9.87. The van der Waals surface area contributed by atoms with Gasteiger partial charge in [-0.05, 0) is 40.8 Å². The van der Waals surface area contributed by atoms with Gasteiger partial charge in [-0.2, -0.15) is 5.10 Å². The molecule has 30 heavy (non-hydrogen) atoms. The number of rotatable bonds is 5. The summed E-state index contributed by atoms with van der Waals surface area (Å²) in [5.74, 6) is 1.22. The maximum absolute atomic E-state index is 12.8. The molecule has 4 rings (SSSR count). The zero-order chi connectivity index (χ0) is 21.3. The molecule has 156 valence electrons. The third kappa shape index (κ3) is 4.25. The summed E-state index contributed by atoms with van der Waals surface area (Å²) in [4.78, 5) is 12.8. The van der Waals surface area contributed by atoms with Crippen LogP contribution in [0.1, 0.15) is 42.4 Å². The Hall–Kier alpha value is -3.48. The second-order valence-electron chi connectivity index (χ2n) is 8.39. The van der Waals surface area contributed by atoms with E-state index in [4.69, 9.17) is 9.47 Å². The average Bonchev–Trinajstić information content (AvgIpc) is 3.31. The lowest BCUT2D eigenvalue weighted by Crippen LogP contribution is -2.16. The summed E-state index contributed by atoms with van der Waals surface area (Å²) in [6.07, 6.45) is 1.80. The van der Waals surface area contributed by atoms with Gasteiger partial charge >= 0.3 is 0 Å². The van der Waals surface area contributed by atoms with Crippen LogP contribution in [0.25, 0.3) is 0 Å². The largest absolute Gasteiger partial charge is 0.454 e. The van der Waals surface area contributed by atoms with Gasteiger partial charge in [-0.3, -0.25) is 9.48 Å². The van der Waals surface area contributed by atoms with Crippen LogP contribution >= 0.6 is 0 Å². The van der Waals surface area contributed by atoms with Crippen LogP contribution in [0.5, 0.6) is 11.5 Å². The molecule has 7 nitrogen and oxygen atoms in total. The number of nitrogens with zero attached hydrogens (tertiary/aromatic N) is 2. The van der Waals surface area contributed by atoms with Gasteiger partial charge in [-0.1, -0.05) is 39.0 Å². The Morgan fingerprint density at radius 2 is 1.83 bits per heavy atom. The van der Waals surface area contributed by atoms with E-state index in [1.807, 2.05) is 42.5 Å². The van der Waals surface area contributed by atoms with Gasteiger partial charge in [0.1, 0.15) is 0 Å². The average molecular weight is 406 g/mol. The van der Waals surface area contributed by atoms with Crippen LogP contribution in [0.4, 0.5) is 11.4 Å². The Labute approximate surface area is 176 Å². The van der Waals surface area contributed by atoms with E-state index in [9.17, 15) is 4.79 Å². The number of nitrogens with one attached hydrogen (secondary N) is 2. The minimum atomic E-state index is -0.257. The number of hydrogen-bond acceptors (Lipinski definition) is 5. The van der Waals surface area contributed by atoms with Crippen LogP contribution in [0, 0.1) is 0 Å². The lowest BCUT2D eigenvalue weighted by atomic mass is 9.87. The van der Waals surface area contributed by atoms with Gasteiger partial charge in [0.2, 0.25) is 6.79 Å². The highest BCUT2D eigenvalue weighted by Crippen LogP contribution is 2.32. The molecular weight excluding hydrogens is 380 g/mol. The minimum absolute atomic E-state index is 0.0648. The Bertz CT molecular complexity index is 1070. The van der Waals surface area contributed by atoms with Gasteiger partial charge < -0.3 is 20.1 Å². The van der Waals surface area contributed by atoms with Gasteiger partial charge in [0.15, 0.2) is 17.2 Å². The Balaban J connectivity index is 1.45. The predicted octanol–water partition coefficient (Wildman–Crippen LogP) is 4.31. The quantitative estimate of drug-likeness (QED) is 0.660. The molecule has 0 radical (unpaired) electrons. The van der Waals surface area contributed by atoms with Crippen molar-refractivity contribution in [1.29, 1.82) is 0 Å². The second-order valence-corrected chi connectivity index (χ2v) is 8.39. The maximum atomic E-state index is 12.8. The van der Waals surface area contributed by atoms with E-state index in [2.05, 4.69) is 36.5 Å². The summed E-state index contributed by atoms with van der Waals surface area (Å²) in [6, 6.07) is 13.7. The molecular formula is C23H26N4O3. The van der Waals surface area contributed by atoms with Crippen LogP contribution < -0.4 is 20.1 Å². The maximum Gasteiger partial charge on any atom is 0.278 e. The predicted molar refractivity (Wildman–Crippen MR) is 116 cm³/mol. The topological polar surface area (TPSA) is 77.4 Å². The zero-order valence-electron chi connectivity index (χ0n) is 17.7. The number of ether oxygens (including phenoxy) is 2. The smallest absolute Gasteiger partial charge is 0.278 e. The number of carbonyl (C=O) groups is 1. The third-order valence-electron chi connectivity index (χ3n) is 4.97. The minimum Gasteiger partial charge on any atom is -0.454 e. The number of hydrogen-bond donors (Lipinski definition) is 2. The standard InChI is InChI=1S/C23H26N4O3/c1-23(2,3)16-6-8-17(9-7-16)25-22(28)21-18(13-27(4)26-21)24-12-15-5-10-19-20(11-15)30-14-29-19/h5-11,13,24H,12,14H2,1-4H3,(H,25,28). The van der Waals surface area contributed by atoms with Crippen LogP contribution in [0.15, 0.2) is 48.7 Å². The van der Waals surface area contributed by atoms with Gasteiger partial charge in [0.05, 0.1) is 5.69 Å². The van der Waals surface area contributed by atoms with Crippen molar-refractivity contribution < 1.29 is 14.3 Å². The third-order valence-corrected chi connectivity index (χ3v) is 4.97. The summed E-state index contributed by atoms with van der Waals surface area (Å²) in [6.45, 7) is 7.25. The molecule has 0 spiro atoms. The summed E-state index contributed by atoms with van der Waals surface area (Å²) in [5.41, 5.74) is 4.05. The molecule has 3 aromatic rings. The first-order chi connectivity index (χ1) is 14.3. The van der Waals surface area contributed by atoms with Crippen LogP contribution in [0.3, 0.4) is 0 Å². The van der Waals surface area contributed by atoms with Crippen molar-refractivity contribution in [3.8, 4) is 11.5 Å². The van der Waals surface area contributed by atoms with Crippen molar-refractivity contribution >= 4 is 17.3 Å². The summed E-state index contributed by atoms with van der Waals surface area (Å²) >= 11 is 0. The van der Waals surface area contributed by atoms with E-state index in [0.29, 0.717) is 17.9 Å². The number of amides is 1. The number of fused-ring (bicyclic) bond motifs is 1. The van der Waals surface area contributed by atoms with Crippen molar-refractivity contribution in [3.63, 3.8) is 0 Å². The lowest BCUT2D eigenvalue weighted by molar-refractivity contribution is 0.102. The summed E-state index contributed by atoms with van der Waals surface area (Å²) < 4.78 is 12.4. The first-order valence-corrected chi connectivity index (χ1v) is 9.87. The molecule has 0 unspecified atom stereocenters. The normalized spacial score (nSPS) is 12.7. The molecule has 0 fully saturated rings. The fourth-order valence-corrected chi connectivity index (χ4v) is 3.28. The number of aryl methyl sites for hydroxylation is 1. The highest BCUT2D eigenvalue weighted by atomic mass is 16.7. The van der Waals surface area contributed by atoms with Gasteiger partial charge in [0.25, 0.3) is 5.91 Å². The van der Waals surface area contributed by atoms with Crippen molar-refractivity contribution in [2.75, 3.05) is 17.4 Å². The number of aromatic nitrogens is 2. The van der Waals surface area contributed by atoms with Gasteiger partial charge in [0, 0.05) is 25.5 Å². The molecule has 2 heterocycles. The molecule has 0 bridgehead atoms. The van der Waals surface area contributed by atoms with Gasteiger partial charge in [-0.15, -0.1) is 0 Å². The molecule has 0 aliphatic carbocycles. The van der Waals surface area contributed by atoms with Crippen molar-refractivity contribution in [2.24, 2.45) is 7.05 Å². The molecule has 0 atom stereocenters. The van der Waals surface area contributed by atoms with Crippen molar-refractivity contribution in [1.82, 2.24) is 9.78 Å².